The van der Waals surface area contributed by atoms with Crippen LogP contribution in [0.25, 0.3) is 0 Å². The van der Waals surface area contributed by atoms with E-state index in [1.807, 2.05) is 24.3 Å². The lowest BCUT2D eigenvalue weighted by atomic mass is 10.1. The maximum Gasteiger partial charge on any atom is 0.335 e. The summed E-state index contributed by atoms with van der Waals surface area (Å²) in [5.74, 6) is -0.865. The highest BCUT2D eigenvalue weighted by Crippen LogP contribution is 2.13. The van der Waals surface area contributed by atoms with E-state index in [9.17, 15) is 4.79 Å². The minimum atomic E-state index is -0.865. The molecule has 0 unspecified atom stereocenters. The van der Waals surface area contributed by atoms with Crippen LogP contribution < -0.4 is 0 Å². The SMILES string of the molecule is O=C(O)c1ccc(CCN2CCN(CCCCc3ccc(Cl)cc3)CC2)cc1. The van der Waals surface area contributed by atoms with Gasteiger partial charge in [-0.2, -0.15) is 0 Å². The Labute approximate surface area is 172 Å². The normalized spacial score (nSPS) is 15.6. The third kappa shape index (κ3) is 6.62. The van der Waals surface area contributed by atoms with Crippen molar-refractivity contribution in [2.75, 3.05) is 39.3 Å². The van der Waals surface area contributed by atoms with Gasteiger partial charge in [0.05, 0.1) is 5.56 Å². The zero-order valence-corrected chi connectivity index (χ0v) is 17.1. The van der Waals surface area contributed by atoms with Gasteiger partial charge in [0.25, 0.3) is 0 Å². The summed E-state index contributed by atoms with van der Waals surface area (Å²) in [6.07, 6.45) is 4.55. The summed E-state index contributed by atoms with van der Waals surface area (Å²) < 4.78 is 0. The molecular formula is C23H29ClN2O2. The van der Waals surface area contributed by atoms with Gasteiger partial charge in [0.2, 0.25) is 0 Å². The molecule has 3 rings (SSSR count). The number of halogens is 1. The Balaban J connectivity index is 1.29. The van der Waals surface area contributed by atoms with E-state index >= 15 is 0 Å². The summed E-state index contributed by atoms with van der Waals surface area (Å²) in [6, 6.07) is 15.4. The Morgan fingerprint density at radius 2 is 1.32 bits per heavy atom. The topological polar surface area (TPSA) is 43.8 Å². The summed E-state index contributed by atoms with van der Waals surface area (Å²) in [5.41, 5.74) is 2.92. The molecule has 0 aromatic heterocycles. The second-order valence-corrected chi connectivity index (χ2v) is 7.96. The van der Waals surface area contributed by atoms with E-state index in [1.54, 1.807) is 12.1 Å². The van der Waals surface area contributed by atoms with Crippen molar-refractivity contribution in [3.05, 3.63) is 70.2 Å². The third-order valence-corrected chi connectivity index (χ3v) is 5.74. The number of rotatable bonds is 9. The smallest absolute Gasteiger partial charge is 0.335 e. The summed E-state index contributed by atoms with van der Waals surface area (Å²) in [6.45, 7) is 6.72. The highest BCUT2D eigenvalue weighted by atomic mass is 35.5. The minimum absolute atomic E-state index is 0.355. The molecule has 4 nitrogen and oxygen atoms in total. The number of nitrogens with zero attached hydrogens (tertiary/aromatic N) is 2. The predicted octanol–water partition coefficient (Wildman–Crippen LogP) is 4.22. The van der Waals surface area contributed by atoms with Gasteiger partial charge in [-0.25, -0.2) is 4.79 Å². The van der Waals surface area contributed by atoms with Gasteiger partial charge in [-0.3, -0.25) is 0 Å². The van der Waals surface area contributed by atoms with E-state index in [0.29, 0.717) is 5.56 Å². The highest BCUT2D eigenvalue weighted by Gasteiger charge is 2.16. The summed E-state index contributed by atoms with van der Waals surface area (Å²) >= 11 is 5.93. The van der Waals surface area contributed by atoms with Gasteiger partial charge in [0.1, 0.15) is 0 Å². The molecule has 150 valence electrons. The van der Waals surface area contributed by atoms with Crippen molar-refractivity contribution in [2.24, 2.45) is 0 Å². The first-order valence-corrected chi connectivity index (χ1v) is 10.5. The molecule has 1 aliphatic rings. The van der Waals surface area contributed by atoms with E-state index in [4.69, 9.17) is 16.7 Å². The molecule has 0 saturated carbocycles. The van der Waals surface area contributed by atoms with Gasteiger partial charge in [0.15, 0.2) is 0 Å². The fourth-order valence-corrected chi connectivity index (χ4v) is 3.78. The Kier molecular flexibility index (Phi) is 7.90. The van der Waals surface area contributed by atoms with Gasteiger partial charge >= 0.3 is 5.97 Å². The molecule has 0 bridgehead atoms. The highest BCUT2D eigenvalue weighted by molar-refractivity contribution is 6.30. The van der Waals surface area contributed by atoms with E-state index in [0.717, 1.165) is 50.6 Å². The fourth-order valence-electron chi connectivity index (χ4n) is 3.65. The van der Waals surface area contributed by atoms with Crippen LogP contribution in [0, 0.1) is 0 Å². The molecule has 0 amide bonds. The molecule has 5 heteroatoms. The van der Waals surface area contributed by atoms with Crippen LogP contribution in [0.5, 0.6) is 0 Å². The molecule has 1 N–H and O–H groups in total. The van der Waals surface area contributed by atoms with Crippen molar-refractivity contribution in [3.63, 3.8) is 0 Å². The summed E-state index contributed by atoms with van der Waals surface area (Å²) in [4.78, 5) is 16.0. The number of piperazine rings is 1. The molecule has 0 radical (unpaired) electrons. The summed E-state index contributed by atoms with van der Waals surface area (Å²) in [5, 5.41) is 9.77. The maximum absolute atomic E-state index is 10.9. The van der Waals surface area contributed by atoms with E-state index in [-0.39, 0.29) is 0 Å². The molecule has 28 heavy (non-hydrogen) atoms. The number of benzene rings is 2. The zero-order valence-electron chi connectivity index (χ0n) is 16.3. The number of aromatic carboxylic acids is 1. The lowest BCUT2D eigenvalue weighted by Gasteiger charge is -2.34. The molecule has 2 aromatic carbocycles. The summed E-state index contributed by atoms with van der Waals surface area (Å²) in [7, 11) is 0. The average Bonchev–Trinajstić information content (AvgIpc) is 2.72. The predicted molar refractivity (Wildman–Crippen MR) is 114 cm³/mol. The lowest BCUT2D eigenvalue weighted by Crippen LogP contribution is -2.47. The number of carboxylic acids is 1. The Bertz CT molecular complexity index is 738. The minimum Gasteiger partial charge on any atom is -0.478 e. The van der Waals surface area contributed by atoms with Crippen molar-refractivity contribution >= 4 is 17.6 Å². The second-order valence-electron chi connectivity index (χ2n) is 7.52. The van der Waals surface area contributed by atoms with Crippen molar-refractivity contribution in [1.82, 2.24) is 9.80 Å². The molecule has 0 aliphatic carbocycles. The van der Waals surface area contributed by atoms with E-state index in [2.05, 4.69) is 21.9 Å². The second kappa shape index (κ2) is 10.6. The molecule has 0 spiro atoms. The molecule has 0 atom stereocenters. The van der Waals surface area contributed by atoms with Crippen LogP contribution >= 0.6 is 11.6 Å². The Hall–Kier alpha value is -1.88. The van der Waals surface area contributed by atoms with Crippen LogP contribution in [0.2, 0.25) is 5.02 Å². The van der Waals surface area contributed by atoms with Crippen molar-refractivity contribution in [3.8, 4) is 0 Å². The Morgan fingerprint density at radius 1 is 0.786 bits per heavy atom. The van der Waals surface area contributed by atoms with E-state index in [1.165, 1.54) is 30.5 Å². The Morgan fingerprint density at radius 3 is 1.93 bits per heavy atom. The number of unbranched alkanes of at least 4 members (excludes halogenated alkanes) is 1. The van der Waals surface area contributed by atoms with Crippen molar-refractivity contribution in [1.29, 1.82) is 0 Å². The average molecular weight is 401 g/mol. The monoisotopic (exact) mass is 400 g/mol. The van der Waals surface area contributed by atoms with Crippen LogP contribution in [0.15, 0.2) is 48.5 Å². The lowest BCUT2D eigenvalue weighted by molar-refractivity contribution is 0.0697. The van der Waals surface area contributed by atoms with Gasteiger partial charge < -0.3 is 14.9 Å². The van der Waals surface area contributed by atoms with Crippen LogP contribution in [-0.2, 0) is 12.8 Å². The van der Waals surface area contributed by atoms with Crippen LogP contribution in [0.1, 0.15) is 34.3 Å². The van der Waals surface area contributed by atoms with Crippen molar-refractivity contribution < 1.29 is 9.90 Å². The first kappa shape index (κ1) is 20.8. The largest absolute Gasteiger partial charge is 0.478 e. The quantitative estimate of drug-likeness (QED) is 0.640. The number of hydrogen-bond acceptors (Lipinski definition) is 3. The first-order valence-electron chi connectivity index (χ1n) is 10.1. The molecule has 1 fully saturated rings. The fraction of sp³-hybridized carbons (Fsp3) is 0.435. The van der Waals surface area contributed by atoms with Crippen LogP contribution in [0.3, 0.4) is 0 Å². The van der Waals surface area contributed by atoms with Crippen molar-refractivity contribution in [2.45, 2.75) is 25.7 Å². The zero-order chi connectivity index (χ0) is 19.8. The van der Waals surface area contributed by atoms with Gasteiger partial charge in [0, 0.05) is 37.7 Å². The maximum atomic E-state index is 10.9. The number of carboxylic acid groups (broad SMARTS) is 1. The van der Waals surface area contributed by atoms with E-state index < -0.39 is 5.97 Å². The molecule has 1 aliphatic heterocycles. The molecule has 1 saturated heterocycles. The molecule has 2 aromatic rings. The van der Waals surface area contributed by atoms with Crippen LogP contribution in [0.4, 0.5) is 0 Å². The molecule has 1 heterocycles. The molecular weight excluding hydrogens is 372 g/mol. The number of carbonyl (C=O) groups is 1. The van der Waals surface area contributed by atoms with Gasteiger partial charge in [-0.1, -0.05) is 35.9 Å². The standard InChI is InChI=1S/C23H29ClN2O2/c24-22-10-6-19(7-11-22)3-1-2-13-25-15-17-26(18-16-25)14-12-20-4-8-21(9-5-20)23(27)28/h4-11H,1-3,12-18H2,(H,27,28). The first-order chi connectivity index (χ1) is 13.6. The number of aryl methyl sites for hydroxylation is 1. The third-order valence-electron chi connectivity index (χ3n) is 5.49. The van der Waals surface area contributed by atoms with Crippen LogP contribution in [-0.4, -0.2) is 60.1 Å². The number of hydrogen-bond donors (Lipinski definition) is 1. The van der Waals surface area contributed by atoms with Gasteiger partial charge in [-0.15, -0.1) is 0 Å². The van der Waals surface area contributed by atoms with Gasteiger partial charge in [-0.05, 0) is 67.6 Å².